The second-order valence-corrected chi connectivity index (χ2v) is 6.50. The Bertz CT molecular complexity index is 680. The van der Waals surface area contributed by atoms with Crippen molar-refractivity contribution in [3.63, 3.8) is 0 Å². The molecule has 108 valence electrons. The summed E-state index contributed by atoms with van der Waals surface area (Å²) in [7, 11) is -2.10. The quantitative estimate of drug-likeness (QED) is 0.876. The second kappa shape index (κ2) is 5.74. The van der Waals surface area contributed by atoms with E-state index in [1.165, 1.54) is 35.7 Å². The molecule has 0 spiro atoms. The molecule has 1 aromatic heterocycles. The number of nitrogens with two attached hydrogens (primary N) is 1. The summed E-state index contributed by atoms with van der Waals surface area (Å²) < 4.78 is 38.7. The Morgan fingerprint density at radius 3 is 2.50 bits per heavy atom. The van der Waals surface area contributed by atoms with Gasteiger partial charge in [0.25, 0.3) is 0 Å². The average Bonchev–Trinajstić information content (AvgIpc) is 2.90. The fourth-order valence-corrected chi connectivity index (χ4v) is 2.98. The van der Waals surface area contributed by atoms with E-state index in [2.05, 4.69) is 4.98 Å². The van der Waals surface area contributed by atoms with Crippen molar-refractivity contribution in [3.05, 3.63) is 53.6 Å². The molecule has 0 atom stereocenters. The van der Waals surface area contributed by atoms with E-state index >= 15 is 0 Å². The van der Waals surface area contributed by atoms with Crippen LogP contribution in [0.1, 0.15) is 11.3 Å². The lowest BCUT2D eigenvalue weighted by atomic mass is 10.2. The van der Waals surface area contributed by atoms with Gasteiger partial charge in [-0.3, -0.25) is 0 Å². The zero-order valence-electron chi connectivity index (χ0n) is 11.0. The lowest BCUT2D eigenvalue weighted by molar-refractivity contribution is 0.466. The van der Waals surface area contributed by atoms with E-state index in [1.54, 1.807) is 12.1 Å². The number of hydrogen-bond donors (Lipinski definition) is 2. The minimum absolute atomic E-state index is 0.169. The van der Waals surface area contributed by atoms with Gasteiger partial charge in [-0.1, -0.05) is 12.1 Å². The molecule has 0 unspecified atom stereocenters. The first-order chi connectivity index (χ1) is 9.43. The molecule has 0 aliphatic carbocycles. The Morgan fingerprint density at radius 2 is 1.95 bits per heavy atom. The summed E-state index contributed by atoms with van der Waals surface area (Å²) >= 11 is 0. The Balaban J connectivity index is 2.18. The maximum Gasteiger partial charge on any atom is 0.244 e. The molecule has 2 aromatic rings. The van der Waals surface area contributed by atoms with Crippen molar-refractivity contribution < 1.29 is 12.8 Å². The van der Waals surface area contributed by atoms with Crippen LogP contribution in [0.4, 0.5) is 4.39 Å². The molecule has 1 heterocycles. The van der Waals surface area contributed by atoms with Gasteiger partial charge in [-0.15, -0.1) is 0 Å². The number of nitrogens with zero attached hydrogens (tertiary/aromatic N) is 1. The van der Waals surface area contributed by atoms with Crippen LogP contribution in [-0.4, -0.2) is 24.8 Å². The fraction of sp³-hybridized carbons (Fsp3) is 0.231. The van der Waals surface area contributed by atoms with E-state index in [1.807, 2.05) is 0 Å². The number of halogens is 1. The van der Waals surface area contributed by atoms with Crippen molar-refractivity contribution in [1.82, 2.24) is 9.29 Å². The van der Waals surface area contributed by atoms with Crippen LogP contribution in [0.5, 0.6) is 0 Å². The molecule has 5 nitrogen and oxygen atoms in total. The van der Waals surface area contributed by atoms with E-state index < -0.39 is 10.0 Å². The van der Waals surface area contributed by atoms with Crippen molar-refractivity contribution in [2.24, 2.45) is 5.73 Å². The van der Waals surface area contributed by atoms with Gasteiger partial charge in [0, 0.05) is 32.0 Å². The van der Waals surface area contributed by atoms with Crippen LogP contribution >= 0.6 is 0 Å². The highest BCUT2D eigenvalue weighted by Gasteiger charge is 2.22. The largest absolute Gasteiger partial charge is 0.363 e. The van der Waals surface area contributed by atoms with Gasteiger partial charge in [0.2, 0.25) is 10.0 Å². The third-order valence-electron chi connectivity index (χ3n) is 2.96. The van der Waals surface area contributed by atoms with Crippen LogP contribution in [0.2, 0.25) is 0 Å². The summed E-state index contributed by atoms with van der Waals surface area (Å²) in [5, 5.41) is 0. The normalized spacial score (nSPS) is 12.0. The topological polar surface area (TPSA) is 79.2 Å². The van der Waals surface area contributed by atoms with Gasteiger partial charge in [0.1, 0.15) is 5.82 Å². The molecular weight excluding hydrogens is 281 g/mol. The number of nitrogens with one attached hydrogen (secondary N) is 1. The zero-order chi connectivity index (χ0) is 14.8. The van der Waals surface area contributed by atoms with Crippen molar-refractivity contribution in [3.8, 4) is 0 Å². The molecule has 0 aliphatic rings. The maximum atomic E-state index is 12.8. The van der Waals surface area contributed by atoms with Gasteiger partial charge in [-0.2, -0.15) is 4.31 Å². The monoisotopic (exact) mass is 297 g/mol. The minimum Gasteiger partial charge on any atom is -0.363 e. The van der Waals surface area contributed by atoms with Crippen LogP contribution in [0.3, 0.4) is 0 Å². The first kappa shape index (κ1) is 14.7. The highest BCUT2D eigenvalue weighted by molar-refractivity contribution is 7.89. The van der Waals surface area contributed by atoms with Gasteiger partial charge in [0.05, 0.1) is 4.90 Å². The van der Waals surface area contributed by atoms with Crippen molar-refractivity contribution in [2.45, 2.75) is 18.0 Å². The molecule has 0 saturated carbocycles. The number of sulfonamides is 1. The Kier molecular flexibility index (Phi) is 4.22. The Hall–Kier alpha value is -1.70. The van der Waals surface area contributed by atoms with Crippen molar-refractivity contribution in [2.75, 3.05) is 7.05 Å². The summed E-state index contributed by atoms with van der Waals surface area (Å²) in [6.07, 6.45) is 1.42. The molecule has 0 saturated heterocycles. The van der Waals surface area contributed by atoms with Crippen molar-refractivity contribution in [1.29, 1.82) is 0 Å². The third-order valence-corrected chi connectivity index (χ3v) is 4.74. The molecule has 0 fully saturated rings. The highest BCUT2D eigenvalue weighted by atomic mass is 32.2. The maximum absolute atomic E-state index is 12.8. The van der Waals surface area contributed by atoms with Gasteiger partial charge >= 0.3 is 0 Å². The summed E-state index contributed by atoms with van der Waals surface area (Å²) in [4.78, 5) is 2.98. The standard InChI is InChI=1S/C13H16FN3O2S/c1-17(9-10-2-4-11(14)5-3-10)20(18,19)13-6-12(7-15)16-8-13/h2-6,8,16H,7,9,15H2,1H3. The zero-order valence-corrected chi connectivity index (χ0v) is 11.8. The third kappa shape index (κ3) is 3.06. The number of H-pyrrole nitrogens is 1. The molecule has 0 aliphatic heterocycles. The average molecular weight is 297 g/mol. The molecule has 0 amide bonds. The Labute approximate surface area is 117 Å². The predicted molar refractivity (Wildman–Crippen MR) is 73.7 cm³/mol. The van der Waals surface area contributed by atoms with Crippen LogP contribution < -0.4 is 5.73 Å². The van der Waals surface area contributed by atoms with Crippen LogP contribution in [0.25, 0.3) is 0 Å². The van der Waals surface area contributed by atoms with Gasteiger partial charge in [0.15, 0.2) is 0 Å². The molecular formula is C13H16FN3O2S. The SMILES string of the molecule is CN(Cc1ccc(F)cc1)S(=O)(=O)c1c[nH]c(CN)c1. The molecule has 2 rings (SSSR count). The molecule has 0 radical (unpaired) electrons. The molecule has 7 heteroatoms. The summed E-state index contributed by atoms with van der Waals surface area (Å²) in [6.45, 7) is 0.420. The van der Waals surface area contributed by atoms with Gasteiger partial charge in [-0.25, -0.2) is 12.8 Å². The minimum atomic E-state index is -3.58. The smallest absolute Gasteiger partial charge is 0.244 e. The van der Waals surface area contributed by atoms with Gasteiger partial charge < -0.3 is 10.7 Å². The molecule has 1 aromatic carbocycles. The van der Waals surface area contributed by atoms with Gasteiger partial charge in [-0.05, 0) is 23.8 Å². The molecule has 20 heavy (non-hydrogen) atoms. The molecule has 3 N–H and O–H groups in total. The first-order valence-corrected chi connectivity index (χ1v) is 7.45. The number of hydrogen-bond acceptors (Lipinski definition) is 3. The number of aromatic nitrogens is 1. The number of aromatic amines is 1. The van der Waals surface area contributed by atoms with E-state index in [9.17, 15) is 12.8 Å². The number of benzene rings is 1. The highest BCUT2D eigenvalue weighted by Crippen LogP contribution is 2.17. The summed E-state index contributed by atoms with van der Waals surface area (Å²) in [5.74, 6) is -0.350. The van der Waals surface area contributed by atoms with E-state index in [0.717, 1.165) is 0 Å². The Morgan fingerprint density at radius 1 is 1.30 bits per heavy atom. The van der Waals surface area contributed by atoms with E-state index in [4.69, 9.17) is 5.73 Å². The lowest BCUT2D eigenvalue weighted by Crippen LogP contribution is -2.26. The fourth-order valence-electron chi connectivity index (χ4n) is 1.80. The van der Waals surface area contributed by atoms with E-state index in [-0.39, 0.29) is 23.8 Å². The first-order valence-electron chi connectivity index (χ1n) is 6.01. The summed E-state index contributed by atoms with van der Waals surface area (Å²) in [5.41, 5.74) is 6.81. The van der Waals surface area contributed by atoms with E-state index in [0.29, 0.717) is 11.3 Å². The number of rotatable bonds is 5. The second-order valence-electron chi connectivity index (χ2n) is 4.45. The van der Waals surface area contributed by atoms with Crippen molar-refractivity contribution >= 4 is 10.0 Å². The molecule has 0 bridgehead atoms. The predicted octanol–water partition coefficient (Wildman–Crippen LogP) is 1.43. The van der Waals surface area contributed by atoms with Crippen LogP contribution in [0, 0.1) is 5.82 Å². The summed E-state index contributed by atoms with van der Waals surface area (Å²) in [6, 6.07) is 7.24. The lowest BCUT2D eigenvalue weighted by Gasteiger charge is -2.16. The van der Waals surface area contributed by atoms with Crippen LogP contribution in [-0.2, 0) is 23.1 Å². The van der Waals surface area contributed by atoms with Crippen LogP contribution in [0.15, 0.2) is 41.4 Å².